The summed E-state index contributed by atoms with van der Waals surface area (Å²) in [6.45, 7) is 4.80. The number of nitrogens with one attached hydrogen (secondary N) is 2. The summed E-state index contributed by atoms with van der Waals surface area (Å²) < 4.78 is 5.58. The van der Waals surface area contributed by atoms with E-state index in [9.17, 15) is 14.4 Å². The first kappa shape index (κ1) is 23.8. The van der Waals surface area contributed by atoms with Gasteiger partial charge in [0.1, 0.15) is 6.61 Å². The van der Waals surface area contributed by atoms with Crippen molar-refractivity contribution in [3.8, 4) is 11.1 Å². The molecule has 34 heavy (non-hydrogen) atoms. The molecule has 1 saturated carbocycles. The van der Waals surface area contributed by atoms with E-state index in [1.54, 1.807) is 0 Å². The zero-order valence-electron chi connectivity index (χ0n) is 19.6. The number of amides is 2. The lowest BCUT2D eigenvalue weighted by molar-refractivity contribution is -0.139. The Morgan fingerprint density at radius 3 is 2.18 bits per heavy atom. The maximum absolute atomic E-state index is 12.7. The normalized spacial score (nSPS) is 19.1. The quantitative estimate of drug-likeness (QED) is 0.493. The van der Waals surface area contributed by atoms with Gasteiger partial charge in [0.2, 0.25) is 5.91 Å². The summed E-state index contributed by atoms with van der Waals surface area (Å²) in [6.07, 6.45) is 0.668. The maximum atomic E-state index is 12.7. The van der Waals surface area contributed by atoms with Gasteiger partial charge in [-0.3, -0.25) is 9.59 Å². The van der Waals surface area contributed by atoms with Gasteiger partial charge in [0.05, 0.1) is 11.8 Å². The second-order valence-electron chi connectivity index (χ2n) is 9.72. The van der Waals surface area contributed by atoms with Gasteiger partial charge in [0.15, 0.2) is 0 Å². The molecule has 2 aliphatic carbocycles. The molecule has 2 aromatic carbocycles. The summed E-state index contributed by atoms with van der Waals surface area (Å²) in [5, 5.41) is 14.6. The lowest BCUT2D eigenvalue weighted by Gasteiger charge is -2.20. The average Bonchev–Trinajstić information content (AvgIpc) is 3.54. The van der Waals surface area contributed by atoms with Crippen molar-refractivity contribution in [1.82, 2.24) is 10.6 Å². The molecular formula is C27H32N2O5. The highest BCUT2D eigenvalue weighted by atomic mass is 16.5. The first-order valence-electron chi connectivity index (χ1n) is 11.9. The summed E-state index contributed by atoms with van der Waals surface area (Å²) in [7, 11) is 0. The van der Waals surface area contributed by atoms with Crippen LogP contribution < -0.4 is 10.6 Å². The first-order valence-corrected chi connectivity index (χ1v) is 11.9. The van der Waals surface area contributed by atoms with E-state index in [2.05, 4.69) is 34.9 Å². The van der Waals surface area contributed by atoms with Crippen LogP contribution in [0.15, 0.2) is 48.5 Å². The molecule has 0 saturated heterocycles. The average molecular weight is 465 g/mol. The zero-order valence-corrected chi connectivity index (χ0v) is 19.6. The third-order valence-electron chi connectivity index (χ3n) is 6.74. The topological polar surface area (TPSA) is 105 Å². The van der Waals surface area contributed by atoms with Crippen LogP contribution in [-0.2, 0) is 14.3 Å². The van der Waals surface area contributed by atoms with Gasteiger partial charge >= 0.3 is 12.1 Å². The van der Waals surface area contributed by atoms with E-state index < -0.39 is 18.0 Å². The van der Waals surface area contributed by atoms with Crippen LogP contribution in [0.5, 0.6) is 0 Å². The molecule has 7 heteroatoms. The van der Waals surface area contributed by atoms with E-state index in [4.69, 9.17) is 9.84 Å². The standard InChI is InChI=1S/C27H32N2O5/c1-16(2)11-18(25(30)28-13-17-12-23(17)26(31)32)14-29-27(33)34-15-24-21-9-5-3-7-19(21)20-8-4-6-10-22(20)24/h3-10,16-18,23-24H,11-15H2,1-2H3,(H,28,30)(H,29,33)(H,31,32)/t17-,18?,23-/m1/s1. The summed E-state index contributed by atoms with van der Waals surface area (Å²) in [5.41, 5.74) is 4.63. The van der Waals surface area contributed by atoms with Gasteiger partial charge in [0, 0.05) is 19.0 Å². The lowest BCUT2D eigenvalue weighted by Crippen LogP contribution is -2.40. The number of carboxylic acid groups (broad SMARTS) is 1. The highest BCUT2D eigenvalue weighted by Gasteiger charge is 2.43. The molecule has 2 aromatic rings. The molecule has 180 valence electrons. The number of hydrogen-bond acceptors (Lipinski definition) is 4. The second kappa shape index (κ2) is 10.3. The molecule has 1 unspecified atom stereocenters. The molecule has 2 amide bonds. The minimum Gasteiger partial charge on any atom is -0.481 e. The molecule has 0 spiro atoms. The minimum atomic E-state index is -0.810. The van der Waals surface area contributed by atoms with Gasteiger partial charge in [-0.25, -0.2) is 4.79 Å². The molecule has 3 N–H and O–H groups in total. The Balaban J connectivity index is 1.29. The fraction of sp³-hybridized carbons (Fsp3) is 0.444. The van der Waals surface area contributed by atoms with Gasteiger partial charge in [-0.15, -0.1) is 0 Å². The fourth-order valence-corrected chi connectivity index (χ4v) is 4.86. The summed E-state index contributed by atoms with van der Waals surface area (Å²) in [4.78, 5) is 36.2. The lowest BCUT2D eigenvalue weighted by atomic mass is 9.96. The number of carbonyl (C=O) groups excluding carboxylic acids is 2. The Bertz CT molecular complexity index is 1020. The van der Waals surface area contributed by atoms with Crippen molar-refractivity contribution < 1.29 is 24.2 Å². The predicted octanol–water partition coefficient (Wildman–Crippen LogP) is 4.02. The fourth-order valence-electron chi connectivity index (χ4n) is 4.86. The van der Waals surface area contributed by atoms with Crippen molar-refractivity contribution >= 4 is 18.0 Å². The SMILES string of the molecule is CC(C)CC(CNC(=O)OCC1c2ccccc2-c2ccccc21)C(=O)NC[C@H]1C[C@H]1C(=O)O. The van der Waals surface area contributed by atoms with E-state index in [1.165, 1.54) is 11.1 Å². The van der Waals surface area contributed by atoms with Crippen molar-refractivity contribution in [2.45, 2.75) is 32.6 Å². The smallest absolute Gasteiger partial charge is 0.407 e. The molecule has 0 aliphatic heterocycles. The molecule has 1 fully saturated rings. The van der Waals surface area contributed by atoms with Crippen LogP contribution in [0.4, 0.5) is 4.79 Å². The minimum absolute atomic E-state index is 0.00348. The predicted molar refractivity (Wildman–Crippen MR) is 128 cm³/mol. The van der Waals surface area contributed by atoms with E-state index in [-0.39, 0.29) is 42.7 Å². The highest BCUT2D eigenvalue weighted by molar-refractivity contribution is 5.81. The third-order valence-corrected chi connectivity index (χ3v) is 6.74. The zero-order chi connectivity index (χ0) is 24.2. The van der Waals surface area contributed by atoms with Crippen molar-refractivity contribution in [1.29, 1.82) is 0 Å². The van der Waals surface area contributed by atoms with Crippen LogP contribution in [0.1, 0.15) is 43.7 Å². The van der Waals surface area contributed by atoms with Gasteiger partial charge in [-0.05, 0) is 46.9 Å². The number of rotatable bonds is 10. The van der Waals surface area contributed by atoms with Crippen molar-refractivity contribution in [2.75, 3.05) is 19.7 Å². The van der Waals surface area contributed by atoms with Crippen LogP contribution in [0.25, 0.3) is 11.1 Å². The van der Waals surface area contributed by atoms with E-state index in [0.717, 1.165) is 11.1 Å². The van der Waals surface area contributed by atoms with Crippen LogP contribution >= 0.6 is 0 Å². The van der Waals surface area contributed by atoms with E-state index >= 15 is 0 Å². The molecule has 4 rings (SSSR count). The highest BCUT2D eigenvalue weighted by Crippen LogP contribution is 2.44. The number of benzene rings is 2. The number of alkyl carbamates (subject to hydrolysis) is 1. The number of hydrogen-bond donors (Lipinski definition) is 3. The molecule has 0 heterocycles. The van der Waals surface area contributed by atoms with E-state index in [0.29, 0.717) is 19.4 Å². The number of carboxylic acids is 1. The number of aliphatic carboxylic acids is 1. The Kier molecular flexibility index (Phi) is 7.20. The molecule has 7 nitrogen and oxygen atoms in total. The van der Waals surface area contributed by atoms with Gasteiger partial charge in [-0.1, -0.05) is 62.4 Å². The maximum Gasteiger partial charge on any atom is 0.407 e. The second-order valence-corrected chi connectivity index (χ2v) is 9.72. The number of ether oxygens (including phenoxy) is 1. The monoisotopic (exact) mass is 464 g/mol. The molecule has 0 bridgehead atoms. The van der Waals surface area contributed by atoms with Crippen molar-refractivity contribution in [2.24, 2.45) is 23.7 Å². The summed E-state index contributed by atoms with van der Waals surface area (Å²) in [6, 6.07) is 16.3. The first-order chi connectivity index (χ1) is 16.3. The molecule has 2 aliphatic rings. The Morgan fingerprint density at radius 2 is 1.62 bits per heavy atom. The number of fused-ring (bicyclic) bond motifs is 3. The van der Waals surface area contributed by atoms with Gasteiger partial charge in [0.25, 0.3) is 0 Å². The molecule has 3 atom stereocenters. The van der Waals surface area contributed by atoms with Crippen LogP contribution in [0.3, 0.4) is 0 Å². The third kappa shape index (κ3) is 5.41. The molecule has 0 aromatic heterocycles. The summed E-state index contributed by atoms with van der Waals surface area (Å²) in [5.74, 6) is -1.48. The molecular weight excluding hydrogens is 432 g/mol. The van der Waals surface area contributed by atoms with Crippen LogP contribution in [-0.4, -0.2) is 42.8 Å². The van der Waals surface area contributed by atoms with E-state index in [1.807, 2.05) is 38.1 Å². The van der Waals surface area contributed by atoms with Crippen molar-refractivity contribution in [3.63, 3.8) is 0 Å². The van der Waals surface area contributed by atoms with Gasteiger partial charge in [-0.2, -0.15) is 0 Å². The van der Waals surface area contributed by atoms with Gasteiger partial charge < -0.3 is 20.5 Å². The largest absolute Gasteiger partial charge is 0.481 e. The Labute approximate surface area is 199 Å². The Hall–Kier alpha value is -3.35. The van der Waals surface area contributed by atoms with Crippen LogP contribution in [0.2, 0.25) is 0 Å². The van der Waals surface area contributed by atoms with Crippen molar-refractivity contribution in [3.05, 3.63) is 59.7 Å². The van der Waals surface area contributed by atoms with Crippen LogP contribution in [0, 0.1) is 23.7 Å². The summed E-state index contributed by atoms with van der Waals surface area (Å²) >= 11 is 0. The Morgan fingerprint density at radius 1 is 1.00 bits per heavy atom. The number of carbonyl (C=O) groups is 3. The molecule has 0 radical (unpaired) electrons.